The van der Waals surface area contributed by atoms with Gasteiger partial charge in [0.15, 0.2) is 0 Å². The minimum absolute atomic E-state index is 0.122. The summed E-state index contributed by atoms with van der Waals surface area (Å²) in [6.45, 7) is 6.68. The first-order valence-electron chi connectivity index (χ1n) is 6.81. The van der Waals surface area contributed by atoms with Gasteiger partial charge in [0.1, 0.15) is 0 Å². The molecule has 0 aromatic heterocycles. The Balaban J connectivity index is 2.25. The molecule has 1 aliphatic rings. The molecule has 0 aliphatic heterocycles. The number of hydrogen-bond donors (Lipinski definition) is 2. The summed E-state index contributed by atoms with van der Waals surface area (Å²) >= 11 is 0. The van der Waals surface area contributed by atoms with E-state index in [0.717, 1.165) is 24.8 Å². The van der Waals surface area contributed by atoms with E-state index in [4.69, 9.17) is 5.73 Å². The number of nitrogens with two attached hydrogens (primary N) is 1. The molecule has 3 unspecified atom stereocenters. The molecule has 0 saturated heterocycles. The zero-order valence-electron chi connectivity index (χ0n) is 11.7. The Labute approximate surface area is 110 Å². The summed E-state index contributed by atoms with van der Waals surface area (Å²) in [5.74, 6) is 0. The average molecular weight is 247 g/mol. The Morgan fingerprint density at radius 3 is 2.33 bits per heavy atom. The van der Waals surface area contributed by atoms with Crippen LogP contribution in [0.25, 0.3) is 0 Å². The van der Waals surface area contributed by atoms with Crippen LogP contribution in [0, 0.1) is 10.8 Å². The Morgan fingerprint density at radius 2 is 1.78 bits per heavy atom. The van der Waals surface area contributed by atoms with E-state index in [1.54, 1.807) is 0 Å². The molecule has 100 valence electrons. The molecule has 3 atom stereocenters. The van der Waals surface area contributed by atoms with Crippen LogP contribution in [0.5, 0.6) is 0 Å². The average Bonchev–Trinajstić information content (AvgIpc) is 2.26. The van der Waals surface area contributed by atoms with Crippen molar-refractivity contribution >= 4 is 0 Å². The molecule has 3 N–H and O–H groups in total. The second-order valence-corrected chi connectivity index (χ2v) is 6.98. The van der Waals surface area contributed by atoms with Crippen molar-refractivity contribution in [2.45, 2.75) is 52.2 Å². The number of rotatable bonds is 2. The van der Waals surface area contributed by atoms with E-state index in [-0.39, 0.29) is 16.9 Å². The molecular weight excluding hydrogens is 222 g/mol. The third-order valence-corrected chi connectivity index (χ3v) is 4.20. The number of benzene rings is 1. The minimum Gasteiger partial charge on any atom is -0.388 e. The fourth-order valence-corrected chi connectivity index (χ4v) is 3.86. The maximum absolute atomic E-state index is 10.7. The van der Waals surface area contributed by atoms with E-state index in [0.29, 0.717) is 0 Å². The fourth-order valence-electron chi connectivity index (χ4n) is 3.86. The van der Waals surface area contributed by atoms with Gasteiger partial charge in [-0.05, 0) is 35.7 Å². The van der Waals surface area contributed by atoms with Gasteiger partial charge in [-0.25, -0.2) is 0 Å². The molecule has 0 bridgehead atoms. The van der Waals surface area contributed by atoms with Crippen molar-refractivity contribution in [1.82, 2.24) is 0 Å². The third-order valence-electron chi connectivity index (χ3n) is 4.20. The lowest BCUT2D eigenvalue weighted by atomic mass is 9.60. The van der Waals surface area contributed by atoms with Gasteiger partial charge >= 0.3 is 0 Å². The van der Waals surface area contributed by atoms with Crippen LogP contribution in [0.2, 0.25) is 0 Å². The van der Waals surface area contributed by atoms with Gasteiger partial charge in [0.25, 0.3) is 0 Å². The molecular formula is C16H25NO. The SMILES string of the molecule is CC1(C)CC(N)CC(C)(C(O)c2ccccc2)C1. The third kappa shape index (κ3) is 2.76. The maximum atomic E-state index is 10.7. The summed E-state index contributed by atoms with van der Waals surface area (Å²) < 4.78 is 0. The molecule has 2 rings (SSSR count). The van der Waals surface area contributed by atoms with Crippen molar-refractivity contribution in [2.75, 3.05) is 0 Å². The van der Waals surface area contributed by atoms with E-state index in [1.165, 1.54) is 0 Å². The van der Waals surface area contributed by atoms with E-state index < -0.39 is 6.10 Å². The first-order valence-corrected chi connectivity index (χ1v) is 6.81. The van der Waals surface area contributed by atoms with Gasteiger partial charge in [0.2, 0.25) is 0 Å². The van der Waals surface area contributed by atoms with Crippen LogP contribution in [-0.4, -0.2) is 11.1 Å². The van der Waals surface area contributed by atoms with Crippen molar-refractivity contribution in [2.24, 2.45) is 16.6 Å². The van der Waals surface area contributed by atoms with Gasteiger partial charge < -0.3 is 10.8 Å². The monoisotopic (exact) mass is 247 g/mol. The summed E-state index contributed by atoms with van der Waals surface area (Å²) in [4.78, 5) is 0. The lowest BCUT2D eigenvalue weighted by Crippen LogP contribution is -2.45. The van der Waals surface area contributed by atoms with Crippen molar-refractivity contribution in [3.63, 3.8) is 0 Å². The second kappa shape index (κ2) is 4.67. The molecule has 1 aromatic rings. The quantitative estimate of drug-likeness (QED) is 0.842. The van der Waals surface area contributed by atoms with Crippen molar-refractivity contribution < 1.29 is 5.11 Å². The molecule has 1 aliphatic carbocycles. The number of aliphatic hydroxyl groups excluding tert-OH is 1. The van der Waals surface area contributed by atoms with Gasteiger partial charge in [-0.2, -0.15) is 0 Å². The van der Waals surface area contributed by atoms with Crippen LogP contribution in [0.15, 0.2) is 30.3 Å². The summed E-state index contributed by atoms with van der Waals surface area (Å²) in [6, 6.07) is 10.1. The number of aliphatic hydroxyl groups is 1. The Hall–Kier alpha value is -0.860. The molecule has 2 nitrogen and oxygen atoms in total. The largest absolute Gasteiger partial charge is 0.388 e. The molecule has 0 heterocycles. The topological polar surface area (TPSA) is 46.2 Å². The highest BCUT2D eigenvalue weighted by molar-refractivity contribution is 5.20. The Kier molecular flexibility index (Phi) is 3.52. The predicted molar refractivity (Wildman–Crippen MR) is 75.1 cm³/mol. The zero-order valence-corrected chi connectivity index (χ0v) is 11.7. The van der Waals surface area contributed by atoms with Gasteiger partial charge in [-0.1, -0.05) is 51.1 Å². The van der Waals surface area contributed by atoms with Crippen LogP contribution in [0.4, 0.5) is 0 Å². The van der Waals surface area contributed by atoms with Crippen LogP contribution in [0.3, 0.4) is 0 Å². The lowest BCUT2D eigenvalue weighted by molar-refractivity contribution is -0.0353. The zero-order chi connectivity index (χ0) is 13.4. The van der Waals surface area contributed by atoms with Crippen molar-refractivity contribution in [1.29, 1.82) is 0 Å². The van der Waals surface area contributed by atoms with Gasteiger partial charge in [0.05, 0.1) is 6.10 Å². The fraction of sp³-hybridized carbons (Fsp3) is 0.625. The van der Waals surface area contributed by atoms with Crippen LogP contribution >= 0.6 is 0 Å². The smallest absolute Gasteiger partial charge is 0.0844 e. The molecule has 0 amide bonds. The molecule has 1 fully saturated rings. The second-order valence-electron chi connectivity index (χ2n) is 6.98. The van der Waals surface area contributed by atoms with Crippen LogP contribution < -0.4 is 5.73 Å². The van der Waals surface area contributed by atoms with Gasteiger partial charge in [0, 0.05) is 6.04 Å². The van der Waals surface area contributed by atoms with E-state index in [2.05, 4.69) is 20.8 Å². The summed E-state index contributed by atoms with van der Waals surface area (Å²) in [6.07, 6.45) is 2.53. The summed E-state index contributed by atoms with van der Waals surface area (Å²) in [5, 5.41) is 10.7. The van der Waals surface area contributed by atoms with Crippen LogP contribution in [0.1, 0.15) is 51.7 Å². The standard InChI is InChI=1S/C16H25NO/c1-15(2)9-13(17)10-16(3,11-15)14(18)12-7-5-4-6-8-12/h4-8,13-14,18H,9-11,17H2,1-3H3. The van der Waals surface area contributed by atoms with E-state index in [9.17, 15) is 5.11 Å². The summed E-state index contributed by atoms with van der Waals surface area (Å²) in [7, 11) is 0. The van der Waals surface area contributed by atoms with E-state index in [1.807, 2.05) is 30.3 Å². The minimum atomic E-state index is -0.427. The van der Waals surface area contributed by atoms with Crippen molar-refractivity contribution in [3.05, 3.63) is 35.9 Å². The van der Waals surface area contributed by atoms with Crippen molar-refractivity contribution in [3.8, 4) is 0 Å². The van der Waals surface area contributed by atoms with E-state index >= 15 is 0 Å². The Morgan fingerprint density at radius 1 is 1.17 bits per heavy atom. The lowest BCUT2D eigenvalue weighted by Gasteiger charge is -2.48. The molecule has 18 heavy (non-hydrogen) atoms. The summed E-state index contributed by atoms with van der Waals surface area (Å²) in [5.41, 5.74) is 7.28. The molecule has 2 heteroatoms. The normalized spacial score (nSPS) is 33.1. The van der Waals surface area contributed by atoms with Gasteiger partial charge in [-0.3, -0.25) is 0 Å². The highest BCUT2D eigenvalue weighted by atomic mass is 16.3. The molecule has 1 saturated carbocycles. The van der Waals surface area contributed by atoms with Crippen LogP contribution in [-0.2, 0) is 0 Å². The number of hydrogen-bond acceptors (Lipinski definition) is 2. The molecule has 0 spiro atoms. The first-order chi connectivity index (χ1) is 8.32. The highest BCUT2D eigenvalue weighted by Crippen LogP contribution is 2.51. The highest BCUT2D eigenvalue weighted by Gasteiger charge is 2.44. The Bertz CT molecular complexity index is 401. The van der Waals surface area contributed by atoms with Gasteiger partial charge in [-0.15, -0.1) is 0 Å². The molecule has 1 aromatic carbocycles. The predicted octanol–water partition coefficient (Wildman–Crippen LogP) is 3.26. The first kappa shape index (κ1) is 13.6. The maximum Gasteiger partial charge on any atom is 0.0844 e. The molecule has 0 radical (unpaired) electrons.